The van der Waals surface area contributed by atoms with Gasteiger partial charge in [0.05, 0.1) is 28.4 Å². The number of benzene rings is 1. The highest BCUT2D eigenvalue weighted by Crippen LogP contribution is 2.29. The quantitative estimate of drug-likeness (QED) is 0.878. The second kappa shape index (κ2) is 7.27. The van der Waals surface area contributed by atoms with Crippen LogP contribution in [0.4, 0.5) is 5.69 Å². The van der Waals surface area contributed by atoms with Crippen LogP contribution in [0.15, 0.2) is 18.2 Å². The molecule has 0 aliphatic carbocycles. The Morgan fingerprint density at radius 3 is 2.70 bits per heavy atom. The third-order valence-electron chi connectivity index (χ3n) is 3.45. The van der Waals surface area contributed by atoms with Crippen molar-refractivity contribution in [2.45, 2.75) is 19.4 Å². The molecular formula is C14H18Cl2N2O2. The summed E-state index contributed by atoms with van der Waals surface area (Å²) in [5.74, 6) is 0.304. The Morgan fingerprint density at radius 2 is 2.10 bits per heavy atom. The highest BCUT2D eigenvalue weighted by Gasteiger charge is 2.23. The predicted molar refractivity (Wildman–Crippen MR) is 81.5 cm³/mol. The van der Waals surface area contributed by atoms with E-state index in [1.54, 1.807) is 18.2 Å². The average Bonchev–Trinajstić information content (AvgIpc) is 2.80. The van der Waals surface area contributed by atoms with E-state index in [9.17, 15) is 4.79 Å². The van der Waals surface area contributed by atoms with Gasteiger partial charge in [0, 0.05) is 13.2 Å². The number of halogens is 2. The van der Waals surface area contributed by atoms with Gasteiger partial charge < -0.3 is 15.4 Å². The highest BCUT2D eigenvalue weighted by molar-refractivity contribution is 6.39. The lowest BCUT2D eigenvalue weighted by atomic mass is 10.0. The highest BCUT2D eigenvalue weighted by atomic mass is 35.5. The third-order valence-corrected chi connectivity index (χ3v) is 4.08. The zero-order chi connectivity index (χ0) is 14.5. The van der Waals surface area contributed by atoms with Gasteiger partial charge in [-0.15, -0.1) is 0 Å². The lowest BCUT2D eigenvalue weighted by Crippen LogP contribution is -2.33. The summed E-state index contributed by atoms with van der Waals surface area (Å²) in [6.07, 6.45) is 1.29. The van der Waals surface area contributed by atoms with Crippen molar-refractivity contribution in [2.24, 2.45) is 5.92 Å². The van der Waals surface area contributed by atoms with Crippen LogP contribution in [0.2, 0.25) is 10.0 Å². The SMILES string of the molecule is CC1OCCC1CNCC(=O)Nc1c(Cl)cccc1Cl. The average molecular weight is 317 g/mol. The zero-order valence-corrected chi connectivity index (χ0v) is 12.8. The van der Waals surface area contributed by atoms with Gasteiger partial charge in [0.25, 0.3) is 0 Å². The van der Waals surface area contributed by atoms with Crippen molar-refractivity contribution in [3.05, 3.63) is 28.2 Å². The molecule has 1 aromatic carbocycles. The summed E-state index contributed by atoms with van der Waals surface area (Å²) >= 11 is 12.0. The van der Waals surface area contributed by atoms with Crippen LogP contribution in [0, 0.1) is 5.92 Å². The third kappa shape index (κ3) is 4.09. The summed E-state index contributed by atoms with van der Waals surface area (Å²) in [5, 5.41) is 6.72. The molecule has 2 rings (SSSR count). The Bertz CT molecular complexity index is 462. The summed E-state index contributed by atoms with van der Waals surface area (Å²) in [6, 6.07) is 5.11. The van der Waals surface area contributed by atoms with Gasteiger partial charge >= 0.3 is 0 Å². The Hall–Kier alpha value is -0.810. The molecule has 1 heterocycles. The van der Waals surface area contributed by atoms with Gasteiger partial charge in [0.15, 0.2) is 0 Å². The summed E-state index contributed by atoms with van der Waals surface area (Å²) in [6.45, 7) is 3.85. The fraction of sp³-hybridized carbons (Fsp3) is 0.500. The molecule has 1 saturated heterocycles. The number of carbonyl (C=O) groups is 1. The number of carbonyl (C=O) groups excluding carboxylic acids is 1. The molecule has 2 atom stereocenters. The summed E-state index contributed by atoms with van der Waals surface area (Å²) in [5.41, 5.74) is 0.459. The largest absolute Gasteiger partial charge is 0.378 e. The van der Waals surface area contributed by atoms with E-state index in [0.29, 0.717) is 21.7 Å². The summed E-state index contributed by atoms with van der Waals surface area (Å²) in [7, 11) is 0. The van der Waals surface area contributed by atoms with Crippen LogP contribution in [0.3, 0.4) is 0 Å². The molecule has 1 aliphatic rings. The molecule has 1 fully saturated rings. The molecule has 0 spiro atoms. The van der Waals surface area contributed by atoms with Gasteiger partial charge in [0.1, 0.15) is 0 Å². The van der Waals surface area contributed by atoms with Crippen LogP contribution in [0.1, 0.15) is 13.3 Å². The Kier molecular flexibility index (Phi) is 5.66. The first-order chi connectivity index (χ1) is 9.58. The number of rotatable bonds is 5. The van der Waals surface area contributed by atoms with Gasteiger partial charge in [-0.1, -0.05) is 29.3 Å². The van der Waals surface area contributed by atoms with E-state index in [0.717, 1.165) is 19.6 Å². The minimum Gasteiger partial charge on any atom is -0.378 e. The lowest BCUT2D eigenvalue weighted by Gasteiger charge is -2.15. The number of para-hydroxylation sites is 1. The van der Waals surface area contributed by atoms with E-state index < -0.39 is 0 Å². The van der Waals surface area contributed by atoms with E-state index in [-0.39, 0.29) is 18.6 Å². The lowest BCUT2D eigenvalue weighted by molar-refractivity contribution is -0.115. The monoisotopic (exact) mass is 316 g/mol. The van der Waals surface area contributed by atoms with Gasteiger partial charge in [-0.3, -0.25) is 4.79 Å². The molecule has 6 heteroatoms. The first-order valence-corrected chi connectivity index (χ1v) is 7.39. The van der Waals surface area contributed by atoms with Crippen molar-refractivity contribution in [2.75, 3.05) is 25.0 Å². The van der Waals surface area contributed by atoms with Crippen molar-refractivity contribution in [3.8, 4) is 0 Å². The fourth-order valence-electron chi connectivity index (χ4n) is 2.22. The molecule has 20 heavy (non-hydrogen) atoms. The summed E-state index contributed by atoms with van der Waals surface area (Å²) in [4.78, 5) is 11.9. The number of anilines is 1. The second-order valence-electron chi connectivity index (χ2n) is 4.90. The molecule has 1 amide bonds. The van der Waals surface area contributed by atoms with Crippen LogP contribution < -0.4 is 10.6 Å². The fourth-order valence-corrected chi connectivity index (χ4v) is 2.71. The minimum atomic E-state index is -0.161. The molecule has 1 aromatic rings. The maximum absolute atomic E-state index is 11.9. The van der Waals surface area contributed by atoms with Crippen molar-refractivity contribution in [1.82, 2.24) is 5.32 Å². The normalized spacial score (nSPS) is 21.9. The van der Waals surface area contributed by atoms with Gasteiger partial charge in [-0.05, 0) is 31.4 Å². The molecule has 0 radical (unpaired) electrons. The smallest absolute Gasteiger partial charge is 0.238 e. The van der Waals surface area contributed by atoms with Crippen LogP contribution in [0.25, 0.3) is 0 Å². The molecule has 4 nitrogen and oxygen atoms in total. The van der Waals surface area contributed by atoms with Crippen LogP contribution >= 0.6 is 23.2 Å². The van der Waals surface area contributed by atoms with Crippen LogP contribution in [-0.2, 0) is 9.53 Å². The molecule has 1 aliphatic heterocycles. The van der Waals surface area contributed by atoms with E-state index in [2.05, 4.69) is 17.6 Å². The number of ether oxygens (including phenoxy) is 1. The van der Waals surface area contributed by atoms with Gasteiger partial charge in [-0.25, -0.2) is 0 Å². The molecule has 2 unspecified atom stereocenters. The maximum atomic E-state index is 11.9. The standard InChI is InChI=1S/C14H18Cl2N2O2/c1-9-10(5-6-20-9)7-17-8-13(19)18-14-11(15)3-2-4-12(14)16/h2-4,9-10,17H,5-8H2,1H3,(H,18,19). The molecule has 0 bridgehead atoms. The van der Waals surface area contributed by atoms with Crippen molar-refractivity contribution < 1.29 is 9.53 Å². The number of nitrogens with one attached hydrogen (secondary N) is 2. The molecular weight excluding hydrogens is 299 g/mol. The van der Waals surface area contributed by atoms with Crippen molar-refractivity contribution in [3.63, 3.8) is 0 Å². The van der Waals surface area contributed by atoms with Crippen molar-refractivity contribution in [1.29, 1.82) is 0 Å². The van der Waals surface area contributed by atoms with Crippen molar-refractivity contribution >= 4 is 34.8 Å². The molecule has 0 saturated carbocycles. The number of amides is 1. The second-order valence-corrected chi connectivity index (χ2v) is 5.71. The number of hydrogen-bond acceptors (Lipinski definition) is 3. The Balaban J connectivity index is 1.78. The first-order valence-electron chi connectivity index (χ1n) is 6.64. The van der Waals surface area contributed by atoms with E-state index >= 15 is 0 Å². The molecule has 2 N–H and O–H groups in total. The van der Waals surface area contributed by atoms with Gasteiger partial charge in [-0.2, -0.15) is 0 Å². The summed E-state index contributed by atoms with van der Waals surface area (Å²) < 4.78 is 5.47. The van der Waals surface area contributed by atoms with Crippen LogP contribution in [-0.4, -0.2) is 31.7 Å². The van der Waals surface area contributed by atoms with E-state index in [1.165, 1.54) is 0 Å². The minimum absolute atomic E-state index is 0.161. The molecule has 0 aromatic heterocycles. The predicted octanol–water partition coefficient (Wildman–Crippen LogP) is 2.95. The number of hydrogen-bond donors (Lipinski definition) is 2. The van der Waals surface area contributed by atoms with Gasteiger partial charge in [0.2, 0.25) is 5.91 Å². The topological polar surface area (TPSA) is 50.4 Å². The first kappa shape index (κ1) is 15.6. The van der Waals surface area contributed by atoms with E-state index in [4.69, 9.17) is 27.9 Å². The Morgan fingerprint density at radius 1 is 1.40 bits per heavy atom. The Labute approximate surface area is 128 Å². The maximum Gasteiger partial charge on any atom is 0.238 e. The zero-order valence-electron chi connectivity index (χ0n) is 11.3. The van der Waals surface area contributed by atoms with Crippen LogP contribution in [0.5, 0.6) is 0 Å². The molecule has 110 valence electrons. The van der Waals surface area contributed by atoms with E-state index in [1.807, 2.05) is 0 Å².